The first-order valence-corrected chi connectivity index (χ1v) is 6.99. The molecule has 104 valence electrons. The Morgan fingerprint density at radius 2 is 2.00 bits per heavy atom. The molecular formula is C15H23N3O. The summed E-state index contributed by atoms with van der Waals surface area (Å²) in [5.74, 6) is -0.123. The van der Waals surface area contributed by atoms with Crippen LogP contribution in [0.5, 0.6) is 0 Å². The van der Waals surface area contributed by atoms with Gasteiger partial charge in [-0.05, 0) is 45.7 Å². The van der Waals surface area contributed by atoms with Gasteiger partial charge in [0.05, 0.1) is 0 Å². The summed E-state index contributed by atoms with van der Waals surface area (Å²) in [5, 5.41) is 6.41. The lowest BCUT2D eigenvalue weighted by Crippen LogP contribution is -2.40. The van der Waals surface area contributed by atoms with Crippen LogP contribution in [0, 0.1) is 0 Å². The molecule has 0 saturated heterocycles. The molecule has 1 aliphatic rings. The number of carbonyl (C=O) groups is 1. The minimum Gasteiger partial charge on any atom is -0.382 e. The van der Waals surface area contributed by atoms with Gasteiger partial charge in [0.15, 0.2) is 0 Å². The van der Waals surface area contributed by atoms with Gasteiger partial charge >= 0.3 is 0 Å². The monoisotopic (exact) mass is 261 g/mol. The van der Waals surface area contributed by atoms with Gasteiger partial charge in [0.2, 0.25) is 0 Å². The van der Waals surface area contributed by atoms with Gasteiger partial charge < -0.3 is 10.6 Å². The molecule has 1 aliphatic carbocycles. The van der Waals surface area contributed by atoms with E-state index in [0.717, 1.165) is 5.69 Å². The number of pyridine rings is 1. The van der Waals surface area contributed by atoms with E-state index in [1.165, 1.54) is 25.7 Å². The number of hydrogen-bond donors (Lipinski definition) is 2. The van der Waals surface area contributed by atoms with E-state index in [1.54, 1.807) is 6.20 Å². The summed E-state index contributed by atoms with van der Waals surface area (Å²) in [5.41, 5.74) is 1.21. The Balaban J connectivity index is 2.03. The molecule has 1 amide bonds. The molecule has 19 heavy (non-hydrogen) atoms. The predicted molar refractivity (Wildman–Crippen MR) is 77.3 cm³/mol. The molecule has 2 rings (SSSR count). The zero-order valence-corrected chi connectivity index (χ0v) is 12.0. The van der Waals surface area contributed by atoms with Crippen LogP contribution >= 0.6 is 0 Å². The van der Waals surface area contributed by atoms with Crippen LogP contribution in [-0.2, 0) is 0 Å². The third-order valence-corrected chi connectivity index (χ3v) is 3.21. The first kappa shape index (κ1) is 13.8. The molecule has 0 spiro atoms. The molecule has 1 aromatic heterocycles. The second-order valence-electron chi connectivity index (χ2n) is 6.26. The van der Waals surface area contributed by atoms with Gasteiger partial charge in [-0.2, -0.15) is 0 Å². The van der Waals surface area contributed by atoms with Crippen molar-refractivity contribution in [3.63, 3.8) is 0 Å². The van der Waals surface area contributed by atoms with E-state index in [0.29, 0.717) is 11.7 Å². The largest absolute Gasteiger partial charge is 0.382 e. The fraction of sp³-hybridized carbons (Fsp3) is 0.600. The highest BCUT2D eigenvalue weighted by Gasteiger charge is 2.18. The topological polar surface area (TPSA) is 54.0 Å². The van der Waals surface area contributed by atoms with Crippen LogP contribution in [0.15, 0.2) is 18.3 Å². The van der Waals surface area contributed by atoms with Gasteiger partial charge in [-0.15, -0.1) is 0 Å². The Labute approximate surface area is 115 Å². The van der Waals surface area contributed by atoms with Crippen molar-refractivity contribution in [1.29, 1.82) is 0 Å². The van der Waals surface area contributed by atoms with Crippen LogP contribution in [0.3, 0.4) is 0 Å². The fourth-order valence-electron chi connectivity index (χ4n) is 2.35. The Hall–Kier alpha value is -1.58. The zero-order chi connectivity index (χ0) is 13.9. The van der Waals surface area contributed by atoms with E-state index in [2.05, 4.69) is 15.6 Å². The summed E-state index contributed by atoms with van der Waals surface area (Å²) >= 11 is 0. The number of amides is 1. The summed E-state index contributed by atoms with van der Waals surface area (Å²) in [7, 11) is 0. The van der Waals surface area contributed by atoms with Crippen LogP contribution in [0.1, 0.15) is 56.9 Å². The molecule has 4 nitrogen and oxygen atoms in total. The number of nitrogens with one attached hydrogen (secondary N) is 2. The van der Waals surface area contributed by atoms with Gasteiger partial charge in [-0.25, -0.2) is 0 Å². The maximum atomic E-state index is 12.0. The van der Waals surface area contributed by atoms with E-state index >= 15 is 0 Å². The summed E-state index contributed by atoms with van der Waals surface area (Å²) in [6, 6.07) is 4.30. The normalized spacial score (nSPS) is 16.4. The quantitative estimate of drug-likeness (QED) is 0.879. The molecule has 0 radical (unpaired) electrons. The molecule has 0 atom stereocenters. The molecule has 1 heterocycles. The zero-order valence-electron chi connectivity index (χ0n) is 12.0. The molecule has 0 bridgehead atoms. The Kier molecular flexibility index (Phi) is 4.08. The number of hydrogen-bond acceptors (Lipinski definition) is 3. The number of aromatic nitrogens is 1. The highest BCUT2D eigenvalue weighted by Crippen LogP contribution is 2.22. The van der Waals surface area contributed by atoms with Crippen molar-refractivity contribution in [2.45, 2.75) is 58.0 Å². The van der Waals surface area contributed by atoms with Gasteiger partial charge in [0.25, 0.3) is 5.91 Å². The summed E-state index contributed by atoms with van der Waals surface area (Å²) < 4.78 is 0. The van der Waals surface area contributed by atoms with Crippen LogP contribution in [0.2, 0.25) is 0 Å². The predicted octanol–water partition coefficient (Wildman–Crippen LogP) is 2.96. The number of rotatable bonds is 3. The lowest BCUT2D eigenvalue weighted by molar-refractivity contribution is 0.0914. The molecule has 0 aliphatic heterocycles. The van der Waals surface area contributed by atoms with Gasteiger partial charge in [-0.3, -0.25) is 9.78 Å². The first-order chi connectivity index (χ1) is 8.94. The number of carbonyl (C=O) groups excluding carboxylic acids is 1. The third kappa shape index (κ3) is 4.23. The van der Waals surface area contributed by atoms with Crippen LogP contribution in [0.4, 0.5) is 5.69 Å². The minimum absolute atomic E-state index is 0.123. The maximum Gasteiger partial charge on any atom is 0.270 e. The molecule has 4 heteroatoms. The van der Waals surface area contributed by atoms with Crippen molar-refractivity contribution >= 4 is 11.6 Å². The van der Waals surface area contributed by atoms with Crippen molar-refractivity contribution in [2.75, 3.05) is 5.32 Å². The van der Waals surface area contributed by atoms with Gasteiger partial charge in [0.1, 0.15) is 5.69 Å². The molecule has 0 unspecified atom stereocenters. The van der Waals surface area contributed by atoms with E-state index in [9.17, 15) is 4.79 Å². The smallest absolute Gasteiger partial charge is 0.270 e. The van der Waals surface area contributed by atoms with Gasteiger partial charge in [0, 0.05) is 23.5 Å². The van der Waals surface area contributed by atoms with Crippen molar-refractivity contribution in [3.8, 4) is 0 Å². The second-order valence-corrected chi connectivity index (χ2v) is 6.26. The molecular weight excluding hydrogens is 238 g/mol. The highest BCUT2D eigenvalue weighted by atomic mass is 16.2. The molecule has 1 fully saturated rings. The molecule has 2 N–H and O–H groups in total. The van der Waals surface area contributed by atoms with Crippen molar-refractivity contribution in [1.82, 2.24) is 10.3 Å². The third-order valence-electron chi connectivity index (χ3n) is 3.21. The standard InChI is InChI=1S/C15H23N3O/c1-15(2,3)18-14(19)13-10-12(8-9-16-13)17-11-6-4-5-7-11/h8-11H,4-7H2,1-3H3,(H,16,17)(H,18,19). The average Bonchev–Trinajstić information content (AvgIpc) is 2.80. The first-order valence-electron chi connectivity index (χ1n) is 6.99. The minimum atomic E-state index is -0.242. The molecule has 0 aromatic carbocycles. The van der Waals surface area contributed by atoms with Crippen molar-refractivity contribution < 1.29 is 4.79 Å². The van der Waals surface area contributed by atoms with E-state index in [-0.39, 0.29) is 11.4 Å². The SMILES string of the molecule is CC(C)(C)NC(=O)c1cc(NC2CCCC2)ccn1. The Morgan fingerprint density at radius 3 is 2.63 bits per heavy atom. The van der Waals surface area contributed by atoms with E-state index in [4.69, 9.17) is 0 Å². The lowest BCUT2D eigenvalue weighted by Gasteiger charge is -2.20. The maximum absolute atomic E-state index is 12.0. The fourth-order valence-corrected chi connectivity index (χ4v) is 2.35. The van der Waals surface area contributed by atoms with Crippen molar-refractivity contribution in [3.05, 3.63) is 24.0 Å². The molecule has 1 saturated carbocycles. The molecule has 1 aromatic rings. The van der Waals surface area contributed by atoms with E-state index < -0.39 is 0 Å². The Morgan fingerprint density at radius 1 is 1.32 bits per heavy atom. The highest BCUT2D eigenvalue weighted by molar-refractivity contribution is 5.93. The summed E-state index contributed by atoms with van der Waals surface area (Å²) in [4.78, 5) is 16.2. The number of anilines is 1. The lowest BCUT2D eigenvalue weighted by atomic mass is 10.1. The van der Waals surface area contributed by atoms with Gasteiger partial charge in [-0.1, -0.05) is 12.8 Å². The Bertz CT molecular complexity index is 445. The van der Waals surface area contributed by atoms with Crippen LogP contribution < -0.4 is 10.6 Å². The van der Waals surface area contributed by atoms with Crippen LogP contribution in [-0.4, -0.2) is 22.5 Å². The van der Waals surface area contributed by atoms with Crippen LogP contribution in [0.25, 0.3) is 0 Å². The van der Waals surface area contributed by atoms with Crippen molar-refractivity contribution in [2.24, 2.45) is 0 Å². The second kappa shape index (κ2) is 5.59. The number of nitrogens with zero attached hydrogens (tertiary/aromatic N) is 1. The summed E-state index contributed by atoms with van der Waals surface area (Å²) in [6.45, 7) is 5.89. The van der Waals surface area contributed by atoms with E-state index in [1.807, 2.05) is 32.9 Å². The summed E-state index contributed by atoms with van der Waals surface area (Å²) in [6.07, 6.45) is 6.70. The average molecular weight is 261 g/mol.